The number of anilines is 2. The first-order valence-electron chi connectivity index (χ1n) is 9.14. The van der Waals surface area contributed by atoms with Gasteiger partial charge in [0.1, 0.15) is 6.54 Å². The monoisotopic (exact) mass is 498 g/mol. The van der Waals surface area contributed by atoms with Crippen LogP contribution in [0.4, 0.5) is 24.5 Å². The molecule has 0 unspecified atom stereocenters. The molecule has 0 spiro atoms. The van der Waals surface area contributed by atoms with E-state index in [0.717, 1.165) is 4.68 Å². The van der Waals surface area contributed by atoms with Crippen LogP contribution in [-0.2, 0) is 24.1 Å². The SMILES string of the molecule is CCn1cc(NC(=O)Cn2nc(C(F)(F)F)c(Br)c2C)c(C(=O)Nc2ccccc2)n1. The van der Waals surface area contributed by atoms with Gasteiger partial charge in [0.2, 0.25) is 5.91 Å². The Morgan fingerprint density at radius 3 is 2.39 bits per heavy atom. The van der Waals surface area contributed by atoms with E-state index in [2.05, 4.69) is 36.8 Å². The molecule has 0 aliphatic carbocycles. The van der Waals surface area contributed by atoms with E-state index in [4.69, 9.17) is 0 Å². The predicted molar refractivity (Wildman–Crippen MR) is 111 cm³/mol. The zero-order valence-electron chi connectivity index (χ0n) is 16.5. The summed E-state index contributed by atoms with van der Waals surface area (Å²) in [5.41, 5.74) is -0.297. The zero-order chi connectivity index (χ0) is 22.8. The fourth-order valence-electron chi connectivity index (χ4n) is 2.74. The molecule has 2 amide bonds. The second kappa shape index (κ2) is 8.92. The molecule has 2 heterocycles. The summed E-state index contributed by atoms with van der Waals surface area (Å²) in [4.78, 5) is 25.1. The van der Waals surface area contributed by atoms with E-state index in [1.165, 1.54) is 17.8 Å². The van der Waals surface area contributed by atoms with Crippen LogP contribution in [0.15, 0.2) is 41.0 Å². The normalized spacial score (nSPS) is 11.4. The minimum atomic E-state index is -4.66. The number of aryl methyl sites for hydroxylation is 1. The number of nitrogens with one attached hydrogen (secondary N) is 2. The van der Waals surface area contributed by atoms with Crippen molar-refractivity contribution in [1.29, 1.82) is 0 Å². The highest BCUT2D eigenvalue weighted by molar-refractivity contribution is 9.10. The minimum absolute atomic E-state index is 0.0200. The van der Waals surface area contributed by atoms with E-state index in [1.54, 1.807) is 37.3 Å². The maximum Gasteiger partial charge on any atom is 0.436 e. The molecule has 12 heteroatoms. The molecule has 0 bridgehead atoms. The van der Waals surface area contributed by atoms with Crippen LogP contribution in [0.1, 0.15) is 28.8 Å². The molecule has 0 aliphatic heterocycles. The van der Waals surface area contributed by atoms with Crippen LogP contribution in [0.2, 0.25) is 0 Å². The molecule has 31 heavy (non-hydrogen) atoms. The van der Waals surface area contributed by atoms with Crippen LogP contribution in [0.5, 0.6) is 0 Å². The molecule has 0 fully saturated rings. The lowest BCUT2D eigenvalue weighted by molar-refractivity contribution is -0.142. The van der Waals surface area contributed by atoms with E-state index in [-0.39, 0.29) is 21.5 Å². The molecule has 0 saturated carbocycles. The average molecular weight is 499 g/mol. The lowest BCUT2D eigenvalue weighted by Crippen LogP contribution is -2.22. The quantitative estimate of drug-likeness (QED) is 0.535. The Morgan fingerprint density at radius 1 is 1.13 bits per heavy atom. The summed E-state index contributed by atoms with van der Waals surface area (Å²) < 4.78 is 41.3. The van der Waals surface area contributed by atoms with Crippen molar-refractivity contribution in [3.05, 3.63) is 58.1 Å². The smallest absolute Gasteiger partial charge is 0.321 e. The summed E-state index contributed by atoms with van der Waals surface area (Å²) in [7, 11) is 0. The average Bonchev–Trinajstić information content (AvgIpc) is 3.24. The number of para-hydroxylation sites is 1. The van der Waals surface area contributed by atoms with E-state index < -0.39 is 30.2 Å². The van der Waals surface area contributed by atoms with Crippen molar-refractivity contribution in [1.82, 2.24) is 19.6 Å². The van der Waals surface area contributed by atoms with Gasteiger partial charge in [0.15, 0.2) is 11.4 Å². The Kier molecular flexibility index (Phi) is 6.48. The number of hydrogen-bond acceptors (Lipinski definition) is 4. The molecule has 0 radical (unpaired) electrons. The third-order valence-electron chi connectivity index (χ3n) is 4.30. The van der Waals surface area contributed by atoms with E-state index in [9.17, 15) is 22.8 Å². The minimum Gasteiger partial charge on any atom is -0.321 e. The van der Waals surface area contributed by atoms with Gasteiger partial charge in [-0.05, 0) is 41.9 Å². The van der Waals surface area contributed by atoms with Crippen molar-refractivity contribution >= 4 is 39.1 Å². The Labute approximate surface area is 183 Å². The Balaban J connectivity index is 1.79. The third-order valence-corrected chi connectivity index (χ3v) is 5.25. The number of amides is 2. The second-order valence-electron chi connectivity index (χ2n) is 6.52. The number of rotatable bonds is 6. The number of carbonyl (C=O) groups is 2. The van der Waals surface area contributed by atoms with Gasteiger partial charge in [-0.3, -0.25) is 19.0 Å². The van der Waals surface area contributed by atoms with Crippen molar-refractivity contribution in [2.75, 3.05) is 10.6 Å². The highest BCUT2D eigenvalue weighted by Crippen LogP contribution is 2.35. The lowest BCUT2D eigenvalue weighted by atomic mass is 10.3. The number of halogens is 4. The maximum atomic E-state index is 13.0. The first-order valence-corrected chi connectivity index (χ1v) is 9.93. The molecule has 1 aromatic carbocycles. The first-order chi connectivity index (χ1) is 14.6. The van der Waals surface area contributed by atoms with Crippen molar-refractivity contribution < 1.29 is 22.8 Å². The molecule has 2 aromatic heterocycles. The third kappa shape index (κ3) is 5.13. The van der Waals surface area contributed by atoms with Gasteiger partial charge in [0.25, 0.3) is 5.91 Å². The summed E-state index contributed by atoms with van der Waals surface area (Å²) in [6.45, 7) is 3.19. The second-order valence-corrected chi connectivity index (χ2v) is 7.31. The molecule has 0 aliphatic rings. The van der Waals surface area contributed by atoms with Crippen molar-refractivity contribution in [2.45, 2.75) is 33.1 Å². The molecule has 2 N–H and O–H groups in total. The molecule has 0 saturated heterocycles. The molecular weight excluding hydrogens is 481 g/mol. The van der Waals surface area contributed by atoms with Gasteiger partial charge >= 0.3 is 6.18 Å². The number of nitrogens with zero attached hydrogens (tertiary/aromatic N) is 4. The highest BCUT2D eigenvalue weighted by Gasteiger charge is 2.38. The first kappa shape index (κ1) is 22.5. The van der Waals surface area contributed by atoms with Gasteiger partial charge in [0.05, 0.1) is 15.9 Å². The predicted octanol–water partition coefficient (Wildman–Crippen LogP) is 4.08. The number of aromatic nitrogens is 4. The number of alkyl halides is 3. The fourth-order valence-corrected chi connectivity index (χ4v) is 3.25. The molecule has 0 atom stereocenters. The lowest BCUT2D eigenvalue weighted by Gasteiger charge is -2.08. The van der Waals surface area contributed by atoms with Crippen LogP contribution in [0.3, 0.4) is 0 Å². The van der Waals surface area contributed by atoms with Crippen molar-refractivity contribution in [3.8, 4) is 0 Å². The van der Waals surface area contributed by atoms with Crippen LogP contribution in [0.25, 0.3) is 0 Å². The summed E-state index contributed by atoms with van der Waals surface area (Å²) in [5, 5.41) is 12.9. The van der Waals surface area contributed by atoms with Gasteiger partial charge in [0, 0.05) is 18.4 Å². The number of carbonyl (C=O) groups excluding carboxylic acids is 2. The zero-order valence-corrected chi connectivity index (χ0v) is 18.1. The van der Waals surface area contributed by atoms with Gasteiger partial charge in [-0.25, -0.2) is 0 Å². The van der Waals surface area contributed by atoms with Gasteiger partial charge in [-0.1, -0.05) is 18.2 Å². The van der Waals surface area contributed by atoms with Crippen LogP contribution >= 0.6 is 15.9 Å². The topological polar surface area (TPSA) is 93.8 Å². The Bertz CT molecular complexity index is 1110. The standard InChI is InChI=1S/C19H18BrF3N6O2/c1-3-28-9-13(16(26-28)18(31)24-12-7-5-4-6-8-12)25-14(30)10-29-11(2)15(20)17(27-29)19(21,22)23/h4-9H,3,10H2,1-2H3,(H,24,31)(H,25,30). The van der Waals surface area contributed by atoms with Crippen molar-refractivity contribution in [2.24, 2.45) is 0 Å². The number of benzene rings is 1. The Hall–Kier alpha value is -3.15. The molecule has 3 rings (SSSR count). The van der Waals surface area contributed by atoms with E-state index in [0.29, 0.717) is 12.2 Å². The molecular formula is C19H18BrF3N6O2. The fraction of sp³-hybridized carbons (Fsp3) is 0.263. The largest absolute Gasteiger partial charge is 0.436 e. The van der Waals surface area contributed by atoms with Gasteiger partial charge in [-0.2, -0.15) is 23.4 Å². The molecule has 3 aromatic rings. The van der Waals surface area contributed by atoms with Crippen LogP contribution in [0, 0.1) is 6.92 Å². The van der Waals surface area contributed by atoms with Crippen LogP contribution < -0.4 is 10.6 Å². The van der Waals surface area contributed by atoms with Crippen LogP contribution in [-0.4, -0.2) is 31.4 Å². The summed E-state index contributed by atoms with van der Waals surface area (Å²) >= 11 is 2.87. The molecule has 164 valence electrons. The van der Waals surface area contributed by atoms with E-state index >= 15 is 0 Å². The number of hydrogen-bond donors (Lipinski definition) is 2. The Morgan fingerprint density at radius 2 is 1.81 bits per heavy atom. The van der Waals surface area contributed by atoms with Crippen molar-refractivity contribution in [3.63, 3.8) is 0 Å². The summed E-state index contributed by atoms with van der Waals surface area (Å²) in [5.74, 6) is -1.19. The van der Waals surface area contributed by atoms with Gasteiger partial charge < -0.3 is 10.6 Å². The maximum absolute atomic E-state index is 13.0. The summed E-state index contributed by atoms with van der Waals surface area (Å²) in [6.07, 6.45) is -3.18. The summed E-state index contributed by atoms with van der Waals surface area (Å²) in [6, 6.07) is 8.70. The van der Waals surface area contributed by atoms with E-state index in [1.807, 2.05) is 0 Å². The van der Waals surface area contributed by atoms with Gasteiger partial charge in [-0.15, -0.1) is 0 Å². The highest BCUT2D eigenvalue weighted by atomic mass is 79.9. The molecule has 8 nitrogen and oxygen atoms in total.